The summed E-state index contributed by atoms with van der Waals surface area (Å²) in [6.07, 6.45) is 0.697. The van der Waals surface area contributed by atoms with E-state index < -0.39 is 16.3 Å². The third-order valence-corrected chi connectivity index (χ3v) is 7.51. The van der Waals surface area contributed by atoms with Gasteiger partial charge in [0, 0.05) is 30.3 Å². The number of H-pyrrole nitrogens is 1. The molecule has 1 fully saturated rings. The Morgan fingerprint density at radius 2 is 2.12 bits per heavy atom. The molecule has 1 unspecified atom stereocenters. The maximum atomic E-state index is 13.0. The molecule has 0 spiro atoms. The van der Waals surface area contributed by atoms with Gasteiger partial charge in [0.25, 0.3) is 5.91 Å². The van der Waals surface area contributed by atoms with Crippen molar-refractivity contribution < 1.29 is 17.9 Å². The summed E-state index contributed by atoms with van der Waals surface area (Å²) in [6.45, 7) is 4.28. The molecule has 1 saturated heterocycles. The molecule has 9 nitrogen and oxygen atoms in total. The van der Waals surface area contributed by atoms with Gasteiger partial charge in [0.05, 0.1) is 23.3 Å². The first kappa shape index (κ1) is 23.5. The molecule has 0 radical (unpaired) electrons. The molecular weight excluding hydrogens is 466 g/mol. The van der Waals surface area contributed by atoms with Gasteiger partial charge in [-0.2, -0.15) is 13.1 Å². The highest BCUT2D eigenvalue weighted by Gasteiger charge is 2.32. The van der Waals surface area contributed by atoms with Crippen LogP contribution in [-0.4, -0.2) is 50.6 Å². The maximum Gasteiger partial charge on any atom is 0.301 e. The molecule has 2 aromatic carbocycles. The summed E-state index contributed by atoms with van der Waals surface area (Å²) < 4.78 is 34.3. The van der Waals surface area contributed by atoms with Crippen LogP contribution < -0.4 is 14.3 Å². The number of hydrogen-bond donors (Lipinski definition) is 3. The lowest BCUT2D eigenvalue weighted by atomic mass is 10.1. The fraction of sp³-hybridized carbons (Fsp3) is 0.364. The van der Waals surface area contributed by atoms with Crippen LogP contribution in [0.4, 0.5) is 5.69 Å². The number of fused-ring (bicyclic) bond motifs is 1. The van der Waals surface area contributed by atoms with Gasteiger partial charge in [0.15, 0.2) is 0 Å². The lowest BCUT2D eigenvalue weighted by molar-refractivity contribution is 0.0892. The second-order valence-corrected chi connectivity index (χ2v) is 10.2. The third-order valence-electron chi connectivity index (χ3n) is 5.63. The lowest BCUT2D eigenvalue weighted by Gasteiger charge is -2.35. The van der Waals surface area contributed by atoms with Crippen molar-refractivity contribution in [3.8, 4) is 0 Å². The number of benzene rings is 2. The number of anilines is 1. The number of hydrogen-bond acceptors (Lipinski definition) is 5. The molecule has 0 saturated carbocycles. The van der Waals surface area contributed by atoms with Gasteiger partial charge in [-0.25, -0.2) is 4.98 Å². The Hall–Kier alpha value is -2.66. The van der Waals surface area contributed by atoms with Crippen molar-refractivity contribution in [3.05, 3.63) is 58.4 Å². The Morgan fingerprint density at radius 1 is 1.33 bits per heavy atom. The summed E-state index contributed by atoms with van der Waals surface area (Å²) in [5.41, 5.74) is 3.14. The number of aromatic nitrogens is 2. The number of ether oxygens (including phenoxy) is 1. The third kappa shape index (κ3) is 4.84. The largest absolute Gasteiger partial charge is 0.382 e. The number of nitrogens with zero attached hydrogens (tertiary/aromatic N) is 2. The van der Waals surface area contributed by atoms with E-state index in [-0.39, 0.29) is 18.6 Å². The van der Waals surface area contributed by atoms with Crippen molar-refractivity contribution >= 4 is 44.4 Å². The molecule has 4 rings (SSSR count). The van der Waals surface area contributed by atoms with E-state index in [0.29, 0.717) is 40.6 Å². The summed E-state index contributed by atoms with van der Waals surface area (Å²) in [7, 11) is -2.07. The zero-order valence-corrected chi connectivity index (χ0v) is 20.1. The van der Waals surface area contributed by atoms with Gasteiger partial charge in [-0.15, -0.1) is 0 Å². The highest BCUT2D eigenvalue weighted by Crippen LogP contribution is 2.29. The van der Waals surface area contributed by atoms with E-state index in [2.05, 4.69) is 20.0 Å². The molecule has 1 aliphatic heterocycles. The molecule has 176 valence electrons. The van der Waals surface area contributed by atoms with E-state index in [9.17, 15) is 13.2 Å². The number of halogens is 1. The molecule has 1 aliphatic rings. The number of carbonyl (C=O) groups excluding carboxylic acids is 1. The van der Waals surface area contributed by atoms with Crippen molar-refractivity contribution in [2.45, 2.75) is 32.4 Å². The summed E-state index contributed by atoms with van der Waals surface area (Å²) in [6, 6.07) is 9.60. The van der Waals surface area contributed by atoms with Crippen LogP contribution in [0.1, 0.15) is 41.1 Å². The van der Waals surface area contributed by atoms with E-state index >= 15 is 0 Å². The monoisotopic (exact) mass is 491 g/mol. The van der Waals surface area contributed by atoms with Crippen LogP contribution in [0, 0.1) is 6.92 Å². The smallest absolute Gasteiger partial charge is 0.301 e. The summed E-state index contributed by atoms with van der Waals surface area (Å²) in [4.78, 5) is 20.8. The van der Waals surface area contributed by atoms with Crippen LogP contribution in [-0.2, 0) is 14.9 Å². The highest BCUT2D eigenvalue weighted by atomic mass is 35.5. The van der Waals surface area contributed by atoms with Crippen LogP contribution in [0.3, 0.4) is 0 Å². The predicted octanol–water partition coefficient (Wildman–Crippen LogP) is 3.08. The number of rotatable bonds is 6. The molecule has 33 heavy (non-hydrogen) atoms. The van der Waals surface area contributed by atoms with Gasteiger partial charge in [-0.3, -0.25) is 9.10 Å². The minimum absolute atomic E-state index is 0.178. The van der Waals surface area contributed by atoms with Crippen molar-refractivity contribution in [2.24, 2.45) is 0 Å². The Labute approximate surface area is 197 Å². The number of aromatic amines is 1. The van der Waals surface area contributed by atoms with Gasteiger partial charge in [-0.1, -0.05) is 11.6 Å². The van der Waals surface area contributed by atoms with E-state index in [1.165, 1.54) is 4.31 Å². The van der Waals surface area contributed by atoms with Gasteiger partial charge in [0.1, 0.15) is 11.9 Å². The first-order valence-electron chi connectivity index (χ1n) is 10.5. The number of nitrogens with one attached hydrogen (secondary N) is 3. The molecule has 3 aromatic rings. The van der Waals surface area contributed by atoms with E-state index in [1.54, 1.807) is 50.4 Å². The SMILES string of the molecule is COC[C@H](NC(=O)c1ccc(N2C(C)CCNS2(=O)=O)c(C)c1)c1nc2ccc(Cl)cc2[nH]1. The summed E-state index contributed by atoms with van der Waals surface area (Å²) >= 11 is 6.06. The van der Waals surface area contributed by atoms with Crippen LogP contribution in [0.15, 0.2) is 36.4 Å². The standard InChI is InChI=1S/C22H26ClN5O4S/c1-13-10-15(4-7-20(13)28-14(2)8-9-24-33(28,30)31)22(29)27-19(12-32-3)21-25-17-6-5-16(23)11-18(17)26-21/h4-7,10-11,14,19,24H,8-9,12H2,1-3H3,(H,25,26)(H,27,29)/t14?,19-/m0/s1. The number of methoxy groups -OCH3 is 1. The fourth-order valence-corrected chi connectivity index (χ4v) is 5.73. The molecule has 1 aromatic heterocycles. The molecule has 0 aliphatic carbocycles. The van der Waals surface area contributed by atoms with Crippen LogP contribution in [0.5, 0.6) is 0 Å². The van der Waals surface area contributed by atoms with E-state index in [1.807, 2.05) is 6.92 Å². The number of aryl methyl sites for hydroxylation is 1. The van der Waals surface area contributed by atoms with Gasteiger partial charge in [0.2, 0.25) is 0 Å². The average Bonchev–Trinajstić information content (AvgIpc) is 3.17. The Balaban J connectivity index is 1.58. The second kappa shape index (κ2) is 9.30. The van der Waals surface area contributed by atoms with Crippen LogP contribution in [0.2, 0.25) is 5.02 Å². The van der Waals surface area contributed by atoms with Crippen molar-refractivity contribution in [1.82, 2.24) is 20.0 Å². The second-order valence-electron chi connectivity index (χ2n) is 8.10. The first-order chi connectivity index (χ1) is 15.7. The molecular formula is C22H26ClN5O4S. The van der Waals surface area contributed by atoms with Gasteiger partial charge in [-0.05, 0) is 62.2 Å². The molecule has 1 amide bonds. The van der Waals surface area contributed by atoms with Gasteiger partial charge >= 0.3 is 10.2 Å². The van der Waals surface area contributed by atoms with Crippen molar-refractivity contribution in [1.29, 1.82) is 0 Å². The summed E-state index contributed by atoms with van der Waals surface area (Å²) in [5, 5.41) is 3.53. The first-order valence-corrected chi connectivity index (χ1v) is 12.4. The Morgan fingerprint density at radius 3 is 2.82 bits per heavy atom. The quantitative estimate of drug-likeness (QED) is 0.490. The van der Waals surface area contributed by atoms with Crippen LogP contribution >= 0.6 is 11.6 Å². The number of carbonyl (C=O) groups is 1. The topological polar surface area (TPSA) is 116 Å². The molecule has 11 heteroatoms. The Kier molecular flexibility index (Phi) is 6.62. The summed E-state index contributed by atoms with van der Waals surface area (Å²) in [5.74, 6) is 0.230. The Bertz CT molecular complexity index is 1290. The van der Waals surface area contributed by atoms with E-state index in [0.717, 1.165) is 11.0 Å². The number of amides is 1. The molecule has 2 atom stereocenters. The number of imidazole rings is 1. The van der Waals surface area contributed by atoms with E-state index in [4.69, 9.17) is 16.3 Å². The fourth-order valence-electron chi connectivity index (χ4n) is 4.00. The minimum atomic E-state index is -3.62. The molecule has 2 heterocycles. The van der Waals surface area contributed by atoms with Crippen molar-refractivity contribution in [2.75, 3.05) is 24.6 Å². The zero-order chi connectivity index (χ0) is 23.8. The average molecular weight is 492 g/mol. The normalized spacial score (nSPS) is 18.9. The highest BCUT2D eigenvalue weighted by molar-refractivity contribution is 7.91. The lowest BCUT2D eigenvalue weighted by Crippen LogP contribution is -2.52. The molecule has 0 bridgehead atoms. The molecule has 3 N–H and O–H groups in total. The van der Waals surface area contributed by atoms with Gasteiger partial charge < -0.3 is 15.0 Å². The van der Waals surface area contributed by atoms with Crippen molar-refractivity contribution in [3.63, 3.8) is 0 Å². The van der Waals surface area contributed by atoms with Crippen LogP contribution in [0.25, 0.3) is 11.0 Å². The maximum absolute atomic E-state index is 13.0. The minimum Gasteiger partial charge on any atom is -0.382 e. The predicted molar refractivity (Wildman–Crippen MR) is 128 cm³/mol. The zero-order valence-electron chi connectivity index (χ0n) is 18.6.